The highest BCUT2D eigenvalue weighted by Gasteiger charge is 2.24. The van der Waals surface area contributed by atoms with Crippen LogP contribution in [0.15, 0.2) is 29.3 Å². The summed E-state index contributed by atoms with van der Waals surface area (Å²) in [6, 6.07) is 8.15. The number of pyridine rings is 1. The van der Waals surface area contributed by atoms with Crippen molar-refractivity contribution < 1.29 is 18.9 Å². The molecular formula is C25H34N2O4. The molecule has 4 rings (SSSR count). The number of aromatic nitrogens is 1. The van der Waals surface area contributed by atoms with Crippen LogP contribution in [0.4, 0.5) is 0 Å². The molecule has 168 valence electrons. The van der Waals surface area contributed by atoms with Crippen molar-refractivity contribution in [3.8, 4) is 28.5 Å². The molecule has 31 heavy (non-hydrogen) atoms. The van der Waals surface area contributed by atoms with Crippen molar-refractivity contribution >= 4 is 0 Å². The number of fused-ring (bicyclic) bond motifs is 3. The number of hydrogen-bond acceptors (Lipinski definition) is 5. The molecule has 0 radical (unpaired) electrons. The van der Waals surface area contributed by atoms with E-state index in [1.807, 2.05) is 12.1 Å². The number of unbranched alkanes of at least 4 members (excludes halogenated alkanes) is 1. The third kappa shape index (κ3) is 4.74. The zero-order valence-electron chi connectivity index (χ0n) is 19.0. The van der Waals surface area contributed by atoms with E-state index < -0.39 is 0 Å². The van der Waals surface area contributed by atoms with Crippen molar-refractivity contribution in [2.24, 2.45) is 4.99 Å². The molecule has 1 fully saturated rings. The van der Waals surface area contributed by atoms with Gasteiger partial charge < -0.3 is 23.5 Å². The Labute approximate surface area is 184 Å². The first-order valence-corrected chi connectivity index (χ1v) is 11.5. The average molecular weight is 427 g/mol. The summed E-state index contributed by atoms with van der Waals surface area (Å²) in [5.41, 5.74) is 4.25. The first-order chi connectivity index (χ1) is 15.2. The minimum absolute atomic E-state index is 0.208. The quantitative estimate of drug-likeness (QED) is 0.588. The van der Waals surface area contributed by atoms with E-state index in [0.29, 0.717) is 13.2 Å². The van der Waals surface area contributed by atoms with E-state index in [9.17, 15) is 0 Å². The highest BCUT2D eigenvalue weighted by atomic mass is 16.5. The summed E-state index contributed by atoms with van der Waals surface area (Å²) in [5.74, 6) is 2.59. The molecule has 3 heterocycles. The van der Waals surface area contributed by atoms with Crippen molar-refractivity contribution in [1.82, 2.24) is 4.57 Å². The summed E-state index contributed by atoms with van der Waals surface area (Å²) in [6.45, 7) is 5.24. The highest BCUT2D eigenvalue weighted by molar-refractivity contribution is 5.76. The van der Waals surface area contributed by atoms with Gasteiger partial charge in [0, 0.05) is 36.4 Å². The number of rotatable bonds is 8. The topological polar surface area (TPSA) is 54.2 Å². The molecule has 1 aromatic heterocycles. The van der Waals surface area contributed by atoms with E-state index in [0.717, 1.165) is 79.2 Å². The lowest BCUT2D eigenvalue weighted by molar-refractivity contribution is 0.0219. The Morgan fingerprint density at radius 3 is 2.71 bits per heavy atom. The molecule has 1 atom stereocenters. The standard InChI is InChI=1S/C25H34N2O4/c1-4-5-13-31-19-15-21-25-20(22(28-2)9-10-23(25)29-3)11-12-27(21)24(16-19)26-17-18-8-6-7-14-30-18/h9-10,15-16,18H,4-8,11-14,17H2,1-3H3. The summed E-state index contributed by atoms with van der Waals surface area (Å²) in [5, 5.41) is 0. The van der Waals surface area contributed by atoms with E-state index in [1.165, 1.54) is 12.0 Å². The molecule has 2 aromatic rings. The van der Waals surface area contributed by atoms with E-state index in [-0.39, 0.29) is 6.10 Å². The van der Waals surface area contributed by atoms with Gasteiger partial charge in [0.2, 0.25) is 0 Å². The van der Waals surface area contributed by atoms with Crippen LogP contribution in [0.25, 0.3) is 11.3 Å². The molecule has 6 nitrogen and oxygen atoms in total. The fourth-order valence-electron chi connectivity index (χ4n) is 4.44. The van der Waals surface area contributed by atoms with Gasteiger partial charge in [-0.3, -0.25) is 4.99 Å². The first-order valence-electron chi connectivity index (χ1n) is 11.5. The third-order valence-electron chi connectivity index (χ3n) is 6.13. The molecule has 0 aliphatic carbocycles. The van der Waals surface area contributed by atoms with Gasteiger partial charge in [0.1, 0.15) is 22.7 Å². The second-order valence-electron chi connectivity index (χ2n) is 8.19. The van der Waals surface area contributed by atoms with Gasteiger partial charge in [-0.15, -0.1) is 0 Å². The van der Waals surface area contributed by atoms with Gasteiger partial charge in [0.05, 0.1) is 39.2 Å². The van der Waals surface area contributed by atoms with Crippen LogP contribution >= 0.6 is 0 Å². The predicted molar refractivity (Wildman–Crippen MR) is 121 cm³/mol. The molecule has 1 saturated heterocycles. The van der Waals surface area contributed by atoms with Crippen LogP contribution in [-0.4, -0.2) is 44.6 Å². The molecule has 1 aromatic carbocycles. The molecule has 0 spiro atoms. The second kappa shape index (κ2) is 10.2. The third-order valence-corrected chi connectivity index (χ3v) is 6.13. The van der Waals surface area contributed by atoms with E-state index in [2.05, 4.69) is 23.6 Å². The van der Waals surface area contributed by atoms with Gasteiger partial charge in [0.25, 0.3) is 0 Å². The normalized spacial score (nSPS) is 18.3. The second-order valence-corrected chi connectivity index (χ2v) is 8.19. The van der Waals surface area contributed by atoms with Crippen LogP contribution < -0.4 is 19.7 Å². The van der Waals surface area contributed by atoms with Crippen molar-refractivity contribution in [3.05, 3.63) is 35.3 Å². The smallest absolute Gasteiger partial charge is 0.131 e. The van der Waals surface area contributed by atoms with Crippen LogP contribution in [0.3, 0.4) is 0 Å². The maximum Gasteiger partial charge on any atom is 0.131 e. The molecule has 0 bridgehead atoms. The van der Waals surface area contributed by atoms with Crippen LogP contribution in [0, 0.1) is 0 Å². The van der Waals surface area contributed by atoms with Crippen molar-refractivity contribution in [2.75, 3.05) is 34.0 Å². The Bertz CT molecular complexity index is 961. The highest BCUT2D eigenvalue weighted by Crippen LogP contribution is 2.42. The lowest BCUT2D eigenvalue weighted by Crippen LogP contribution is -2.30. The van der Waals surface area contributed by atoms with Crippen molar-refractivity contribution in [1.29, 1.82) is 0 Å². The summed E-state index contributed by atoms with van der Waals surface area (Å²) >= 11 is 0. The molecule has 0 amide bonds. The summed E-state index contributed by atoms with van der Waals surface area (Å²) < 4.78 is 25.7. The molecule has 0 N–H and O–H groups in total. The number of benzene rings is 1. The summed E-state index contributed by atoms with van der Waals surface area (Å²) in [7, 11) is 3.44. The monoisotopic (exact) mass is 426 g/mol. The molecule has 1 unspecified atom stereocenters. The van der Waals surface area contributed by atoms with Crippen LogP contribution in [0.5, 0.6) is 17.2 Å². The molecule has 0 saturated carbocycles. The maximum absolute atomic E-state index is 6.11. The number of hydrogen-bond donors (Lipinski definition) is 0. The Morgan fingerprint density at radius 1 is 1.13 bits per heavy atom. The number of methoxy groups -OCH3 is 2. The summed E-state index contributed by atoms with van der Waals surface area (Å²) in [6.07, 6.45) is 6.66. The minimum Gasteiger partial charge on any atom is -0.496 e. The zero-order valence-corrected chi connectivity index (χ0v) is 19.0. The van der Waals surface area contributed by atoms with Gasteiger partial charge in [0.15, 0.2) is 0 Å². The summed E-state index contributed by atoms with van der Waals surface area (Å²) in [4.78, 5) is 4.99. The van der Waals surface area contributed by atoms with E-state index >= 15 is 0 Å². The molecule has 2 aliphatic rings. The van der Waals surface area contributed by atoms with E-state index in [1.54, 1.807) is 14.2 Å². The van der Waals surface area contributed by atoms with Crippen molar-refractivity contribution in [3.63, 3.8) is 0 Å². The molecule has 6 heteroatoms. The first kappa shape index (κ1) is 21.8. The average Bonchev–Trinajstić information content (AvgIpc) is 2.82. The van der Waals surface area contributed by atoms with Gasteiger partial charge >= 0.3 is 0 Å². The van der Waals surface area contributed by atoms with Crippen LogP contribution in [0.2, 0.25) is 0 Å². The lowest BCUT2D eigenvalue weighted by Gasteiger charge is -2.27. The predicted octanol–water partition coefficient (Wildman–Crippen LogP) is 4.38. The largest absolute Gasteiger partial charge is 0.496 e. The Kier molecular flexibility index (Phi) is 7.17. The van der Waals surface area contributed by atoms with Crippen molar-refractivity contribution in [2.45, 2.75) is 58.1 Å². The molecule has 2 aliphatic heterocycles. The van der Waals surface area contributed by atoms with Crippen LogP contribution in [0.1, 0.15) is 44.6 Å². The van der Waals surface area contributed by atoms with Gasteiger partial charge in [-0.25, -0.2) is 0 Å². The Balaban J connectivity index is 1.80. The SMILES string of the molecule is CCCCOc1cc2n(c(=NCC3CCCCO3)c1)CCc1c(OC)ccc(OC)c1-2. The number of nitrogens with zero attached hydrogens (tertiary/aromatic N) is 2. The van der Waals surface area contributed by atoms with Gasteiger partial charge in [-0.1, -0.05) is 13.3 Å². The van der Waals surface area contributed by atoms with Gasteiger partial charge in [-0.2, -0.15) is 0 Å². The Morgan fingerprint density at radius 2 is 1.97 bits per heavy atom. The maximum atomic E-state index is 6.11. The molecular weight excluding hydrogens is 392 g/mol. The minimum atomic E-state index is 0.208. The number of ether oxygens (including phenoxy) is 4. The van der Waals surface area contributed by atoms with E-state index in [4.69, 9.17) is 23.9 Å². The Hall–Kier alpha value is -2.47. The van der Waals surface area contributed by atoms with Gasteiger partial charge in [-0.05, 0) is 44.2 Å². The fourth-order valence-corrected chi connectivity index (χ4v) is 4.44. The fraction of sp³-hybridized carbons (Fsp3) is 0.560. The lowest BCUT2D eigenvalue weighted by atomic mass is 9.95. The zero-order chi connectivity index (χ0) is 21.6. The van der Waals surface area contributed by atoms with Crippen LogP contribution in [-0.2, 0) is 17.7 Å².